The summed E-state index contributed by atoms with van der Waals surface area (Å²) in [4.78, 5) is 2.46. The molecule has 132 valence electrons. The molecule has 4 rings (SSSR count). The minimum absolute atomic E-state index is 0.452. The molecule has 0 bridgehead atoms. The predicted octanol–water partition coefficient (Wildman–Crippen LogP) is 5.50. The van der Waals surface area contributed by atoms with E-state index >= 15 is 0 Å². The van der Waals surface area contributed by atoms with Crippen LogP contribution >= 0.6 is 0 Å². The second-order valence-electron chi connectivity index (χ2n) is 6.82. The predicted molar refractivity (Wildman–Crippen MR) is 108 cm³/mol. The summed E-state index contributed by atoms with van der Waals surface area (Å²) in [7, 11) is 0. The minimum atomic E-state index is 0.452. The number of rotatable bonds is 6. The lowest BCUT2D eigenvalue weighted by Crippen LogP contribution is -2.33. The van der Waals surface area contributed by atoms with Crippen LogP contribution in [0.3, 0.4) is 0 Å². The molecule has 0 saturated carbocycles. The maximum atomic E-state index is 5.78. The summed E-state index contributed by atoms with van der Waals surface area (Å²) >= 11 is 0. The average molecular weight is 343 g/mol. The summed E-state index contributed by atoms with van der Waals surface area (Å²) < 4.78 is 5.78. The summed E-state index contributed by atoms with van der Waals surface area (Å²) in [5.74, 6) is 1.47. The molecule has 2 nitrogen and oxygen atoms in total. The van der Waals surface area contributed by atoms with Crippen LogP contribution in [-0.4, -0.2) is 19.7 Å². The third-order valence-electron chi connectivity index (χ3n) is 5.15. The molecule has 0 saturated heterocycles. The third kappa shape index (κ3) is 3.75. The number of benzene rings is 3. The highest BCUT2D eigenvalue weighted by Crippen LogP contribution is 2.33. The number of nitrogens with zero attached hydrogens (tertiary/aromatic N) is 1. The first-order valence-electron chi connectivity index (χ1n) is 9.48. The van der Waals surface area contributed by atoms with Crippen molar-refractivity contribution in [3.63, 3.8) is 0 Å². The Morgan fingerprint density at radius 2 is 1.38 bits per heavy atom. The van der Waals surface area contributed by atoms with Gasteiger partial charge in [-0.15, -0.1) is 0 Å². The first-order valence-corrected chi connectivity index (χ1v) is 9.48. The Balaban J connectivity index is 1.46. The van der Waals surface area contributed by atoms with Crippen molar-refractivity contribution in [2.24, 2.45) is 0 Å². The van der Waals surface area contributed by atoms with Gasteiger partial charge in [0.15, 0.2) is 0 Å². The van der Waals surface area contributed by atoms with Crippen LogP contribution in [0.1, 0.15) is 29.9 Å². The van der Waals surface area contributed by atoms with Gasteiger partial charge >= 0.3 is 0 Å². The van der Waals surface area contributed by atoms with Crippen LogP contribution < -0.4 is 9.64 Å². The number of anilines is 1. The Hall–Kier alpha value is -2.74. The van der Waals surface area contributed by atoms with E-state index in [0.717, 1.165) is 38.3 Å². The molecule has 0 radical (unpaired) electrons. The van der Waals surface area contributed by atoms with Gasteiger partial charge in [-0.25, -0.2) is 0 Å². The molecule has 0 amide bonds. The molecule has 0 aliphatic carbocycles. The van der Waals surface area contributed by atoms with Crippen LogP contribution in [0.5, 0.6) is 5.75 Å². The molecular formula is C24H25NO. The lowest BCUT2D eigenvalue weighted by molar-refractivity contribution is 0.307. The van der Waals surface area contributed by atoms with Gasteiger partial charge < -0.3 is 9.64 Å². The van der Waals surface area contributed by atoms with Gasteiger partial charge in [-0.05, 0) is 36.1 Å². The molecule has 1 heterocycles. The number of hydrogen-bond donors (Lipinski definition) is 0. The van der Waals surface area contributed by atoms with E-state index in [1.54, 1.807) is 0 Å². The molecule has 2 heteroatoms. The maximum absolute atomic E-state index is 5.78. The van der Waals surface area contributed by atoms with E-state index in [1.165, 1.54) is 16.8 Å². The lowest BCUT2D eigenvalue weighted by Gasteiger charge is -2.31. The molecule has 1 aliphatic heterocycles. The molecular weight excluding hydrogens is 318 g/mol. The first kappa shape index (κ1) is 16.7. The molecule has 1 aliphatic rings. The zero-order chi connectivity index (χ0) is 17.6. The fourth-order valence-corrected chi connectivity index (χ4v) is 3.84. The zero-order valence-corrected chi connectivity index (χ0v) is 15.1. The average Bonchev–Trinajstić information content (AvgIpc) is 2.72. The SMILES string of the molecule is c1ccc(C(CCCN2CCOc3ccccc32)c2ccccc2)cc1. The number of hydrogen-bond acceptors (Lipinski definition) is 2. The van der Waals surface area contributed by atoms with E-state index in [0.29, 0.717) is 5.92 Å². The van der Waals surface area contributed by atoms with Gasteiger partial charge in [-0.3, -0.25) is 0 Å². The van der Waals surface area contributed by atoms with Gasteiger partial charge in [0.2, 0.25) is 0 Å². The topological polar surface area (TPSA) is 12.5 Å². The number of fused-ring (bicyclic) bond motifs is 1. The molecule has 0 unspecified atom stereocenters. The summed E-state index contributed by atoms with van der Waals surface area (Å²) in [6.07, 6.45) is 2.30. The van der Waals surface area contributed by atoms with Crippen LogP contribution in [0.4, 0.5) is 5.69 Å². The van der Waals surface area contributed by atoms with Crippen molar-refractivity contribution >= 4 is 5.69 Å². The van der Waals surface area contributed by atoms with Gasteiger partial charge in [-0.1, -0.05) is 72.8 Å². The fraction of sp³-hybridized carbons (Fsp3) is 0.250. The van der Waals surface area contributed by atoms with E-state index in [1.807, 2.05) is 6.07 Å². The molecule has 26 heavy (non-hydrogen) atoms. The van der Waals surface area contributed by atoms with Gasteiger partial charge in [0.05, 0.1) is 12.2 Å². The van der Waals surface area contributed by atoms with Crippen molar-refractivity contribution in [1.82, 2.24) is 0 Å². The smallest absolute Gasteiger partial charge is 0.142 e. The lowest BCUT2D eigenvalue weighted by atomic mass is 9.87. The summed E-state index contributed by atoms with van der Waals surface area (Å²) in [5, 5.41) is 0. The minimum Gasteiger partial charge on any atom is -0.490 e. The largest absolute Gasteiger partial charge is 0.490 e. The van der Waals surface area contributed by atoms with Crippen LogP contribution in [0.15, 0.2) is 84.9 Å². The third-order valence-corrected chi connectivity index (χ3v) is 5.15. The van der Waals surface area contributed by atoms with E-state index in [9.17, 15) is 0 Å². The summed E-state index contributed by atoms with van der Waals surface area (Å²) in [6.45, 7) is 2.81. The quantitative estimate of drug-likeness (QED) is 0.586. The van der Waals surface area contributed by atoms with Crippen LogP contribution in [0, 0.1) is 0 Å². The Kier molecular flexibility index (Phi) is 5.20. The van der Waals surface area contributed by atoms with Crippen LogP contribution in [-0.2, 0) is 0 Å². The molecule has 3 aromatic rings. The first-order chi connectivity index (χ1) is 12.9. The van der Waals surface area contributed by atoms with Crippen molar-refractivity contribution in [2.75, 3.05) is 24.6 Å². The van der Waals surface area contributed by atoms with E-state index in [-0.39, 0.29) is 0 Å². The molecule has 0 fully saturated rings. The van der Waals surface area contributed by atoms with Crippen molar-refractivity contribution < 1.29 is 4.74 Å². The molecule has 0 spiro atoms. The van der Waals surface area contributed by atoms with Crippen molar-refractivity contribution in [1.29, 1.82) is 0 Å². The number of ether oxygens (including phenoxy) is 1. The monoisotopic (exact) mass is 343 g/mol. The Bertz CT molecular complexity index is 776. The Morgan fingerprint density at radius 1 is 0.769 bits per heavy atom. The van der Waals surface area contributed by atoms with Gasteiger partial charge in [0, 0.05) is 12.5 Å². The normalized spacial score (nSPS) is 13.3. The zero-order valence-electron chi connectivity index (χ0n) is 15.1. The Labute approximate surface area is 156 Å². The molecule has 3 aromatic carbocycles. The fourth-order valence-electron chi connectivity index (χ4n) is 3.84. The number of para-hydroxylation sites is 2. The van der Waals surface area contributed by atoms with Crippen molar-refractivity contribution in [3.8, 4) is 5.75 Å². The second-order valence-corrected chi connectivity index (χ2v) is 6.82. The molecule has 0 atom stereocenters. The van der Waals surface area contributed by atoms with Gasteiger partial charge in [0.25, 0.3) is 0 Å². The van der Waals surface area contributed by atoms with Crippen LogP contribution in [0.25, 0.3) is 0 Å². The highest BCUT2D eigenvalue weighted by Gasteiger charge is 2.18. The highest BCUT2D eigenvalue weighted by atomic mass is 16.5. The van der Waals surface area contributed by atoms with E-state index < -0.39 is 0 Å². The summed E-state index contributed by atoms with van der Waals surface area (Å²) in [6, 6.07) is 30.1. The highest BCUT2D eigenvalue weighted by molar-refractivity contribution is 5.59. The summed E-state index contributed by atoms with van der Waals surface area (Å²) in [5.41, 5.74) is 4.04. The van der Waals surface area contributed by atoms with Gasteiger partial charge in [0.1, 0.15) is 12.4 Å². The van der Waals surface area contributed by atoms with Gasteiger partial charge in [-0.2, -0.15) is 0 Å². The van der Waals surface area contributed by atoms with Crippen LogP contribution in [0.2, 0.25) is 0 Å². The van der Waals surface area contributed by atoms with E-state index in [4.69, 9.17) is 4.74 Å². The van der Waals surface area contributed by atoms with Crippen molar-refractivity contribution in [2.45, 2.75) is 18.8 Å². The van der Waals surface area contributed by atoms with Crippen molar-refractivity contribution in [3.05, 3.63) is 96.1 Å². The second kappa shape index (κ2) is 8.09. The molecule has 0 aromatic heterocycles. The Morgan fingerprint density at radius 3 is 2.08 bits per heavy atom. The standard InChI is InChI=1S/C24H25NO/c1-3-10-20(11-4-1)22(21-12-5-2-6-13-21)14-9-17-25-18-19-26-24-16-8-7-15-23(24)25/h1-8,10-13,15-16,22H,9,14,17-19H2. The molecule has 0 N–H and O–H groups in total. The van der Waals surface area contributed by atoms with E-state index in [2.05, 4.69) is 83.8 Å². The maximum Gasteiger partial charge on any atom is 0.142 e.